The number of fused-ring (bicyclic) bond motifs is 1. The molecule has 0 spiro atoms. The second-order valence-electron chi connectivity index (χ2n) is 10.9. The van der Waals surface area contributed by atoms with Crippen LogP contribution >= 0.6 is 23.1 Å². The number of aromatic nitrogens is 3. The monoisotopic (exact) mass is 721 g/mol. The maximum absolute atomic E-state index is 13.2. The number of hydrogen-bond acceptors (Lipinski definition) is 13. The van der Waals surface area contributed by atoms with Gasteiger partial charge in [-0.1, -0.05) is 17.3 Å². The number of hydroxylamine groups is 1. The number of β-lactam (4-membered cyclic amide) rings is 1. The number of carboxylic acids is 1. The predicted octanol–water partition coefficient (Wildman–Crippen LogP) is 0.433. The van der Waals surface area contributed by atoms with E-state index in [-0.39, 0.29) is 41.0 Å². The fraction of sp³-hybridized carbons (Fsp3) is 0.226. The third-order valence-electron chi connectivity index (χ3n) is 7.68. The third-order valence-corrected chi connectivity index (χ3v) is 9.69. The zero-order valence-corrected chi connectivity index (χ0v) is 28.0. The van der Waals surface area contributed by atoms with Gasteiger partial charge in [0.1, 0.15) is 35.7 Å². The number of hydrogen-bond donors (Lipinski definition) is 4. The minimum absolute atomic E-state index is 0.119. The van der Waals surface area contributed by atoms with Crippen LogP contribution in [-0.2, 0) is 41.8 Å². The van der Waals surface area contributed by atoms with Crippen molar-refractivity contribution in [2.24, 2.45) is 5.16 Å². The highest BCUT2D eigenvalue weighted by Gasteiger charge is 2.54. The molecular weight excluding hydrogens is 693 g/mol. The van der Waals surface area contributed by atoms with Gasteiger partial charge >= 0.3 is 11.7 Å². The molecule has 17 nitrogen and oxygen atoms in total. The fourth-order valence-corrected chi connectivity index (χ4v) is 7.33. The van der Waals surface area contributed by atoms with Gasteiger partial charge in [-0.3, -0.25) is 24.1 Å². The summed E-state index contributed by atoms with van der Waals surface area (Å²) in [6.07, 6.45) is 4.88. The van der Waals surface area contributed by atoms with Crippen molar-refractivity contribution in [2.75, 3.05) is 25.7 Å². The molecule has 19 heteroatoms. The number of anilines is 1. The molecule has 2 aliphatic rings. The second kappa shape index (κ2) is 14.4. The highest BCUT2D eigenvalue weighted by Crippen LogP contribution is 2.40. The summed E-state index contributed by atoms with van der Waals surface area (Å²) >= 11 is 2.45. The van der Waals surface area contributed by atoms with Crippen LogP contribution in [0.1, 0.15) is 11.5 Å². The molecule has 6 rings (SSSR count). The van der Waals surface area contributed by atoms with Crippen molar-refractivity contribution in [3.8, 4) is 16.8 Å². The largest absolute Gasteiger partial charge is 0.477 e. The lowest BCUT2D eigenvalue weighted by molar-refractivity contribution is -0.689. The Labute approximate surface area is 290 Å². The molecule has 0 bridgehead atoms. The van der Waals surface area contributed by atoms with Crippen molar-refractivity contribution in [1.82, 2.24) is 25.2 Å². The Bertz CT molecular complexity index is 2090. The van der Waals surface area contributed by atoms with E-state index in [1.165, 1.54) is 47.0 Å². The topological polar surface area (TPSA) is 225 Å². The first kappa shape index (κ1) is 34.1. The standard InChI is InChI=1S/C31H28N8O9S2/c1-46-35-22(40)11-20-13-38(31(45)48-20)19-5-3-16(4-6-19)17-7-9-37(10-8-17)12-18-14-49-28-24(27(42)39(28)25(18)29(43)44)34-26(41)23(36-47-2)21-15-50-30(32)33-21/h3-10,13,15,24,28H,11-12,14H2,1-2H3,(H4-,32,33,34,35,40,41,43,44)/p+1/b36-23-/t24-,28+/m1/s1. The number of thioether (sulfide) groups is 1. The molecule has 3 aromatic heterocycles. The number of carbonyl (C=O) groups is 4. The summed E-state index contributed by atoms with van der Waals surface area (Å²) in [4.78, 5) is 77.3. The molecule has 5 heterocycles. The summed E-state index contributed by atoms with van der Waals surface area (Å²) in [7, 11) is 2.57. The van der Waals surface area contributed by atoms with Gasteiger partial charge in [-0.25, -0.2) is 29.2 Å². The number of nitrogens with one attached hydrogen (secondary N) is 2. The first-order chi connectivity index (χ1) is 24.1. The lowest BCUT2D eigenvalue weighted by atomic mass is 10.0. The van der Waals surface area contributed by atoms with Crippen molar-refractivity contribution in [1.29, 1.82) is 0 Å². The Morgan fingerprint density at radius 2 is 1.86 bits per heavy atom. The summed E-state index contributed by atoms with van der Waals surface area (Å²) in [5, 5.41) is 17.6. The van der Waals surface area contributed by atoms with Crippen LogP contribution in [0.2, 0.25) is 0 Å². The molecule has 0 radical (unpaired) electrons. The van der Waals surface area contributed by atoms with Gasteiger partial charge in [-0.2, -0.15) is 0 Å². The van der Waals surface area contributed by atoms with E-state index >= 15 is 0 Å². The van der Waals surface area contributed by atoms with E-state index in [1.807, 2.05) is 24.3 Å². The second-order valence-corrected chi connectivity index (χ2v) is 12.9. The summed E-state index contributed by atoms with van der Waals surface area (Å²) < 4.78 is 8.27. The van der Waals surface area contributed by atoms with E-state index < -0.39 is 40.9 Å². The maximum atomic E-state index is 13.2. The van der Waals surface area contributed by atoms with Gasteiger partial charge in [-0.15, -0.1) is 23.1 Å². The first-order valence-electron chi connectivity index (χ1n) is 14.7. The average molecular weight is 722 g/mol. The van der Waals surface area contributed by atoms with Gasteiger partial charge in [0.25, 0.3) is 17.7 Å². The SMILES string of the molecule is CO/N=C(\C(=O)N[C@@H]1C(=O)N2C(C(=O)O)=C(C[n+]3ccc(-c4ccc(-n5cc(CC(=O)NOC)oc5=O)cc4)cc3)CS[C@@H]12)c1csc(N)n1. The predicted molar refractivity (Wildman–Crippen MR) is 179 cm³/mol. The summed E-state index contributed by atoms with van der Waals surface area (Å²) in [5.74, 6) is -3.12. The quantitative estimate of drug-likeness (QED) is 0.0677. The molecular formula is C31H29N8O9S2+. The highest BCUT2D eigenvalue weighted by molar-refractivity contribution is 8.00. The van der Waals surface area contributed by atoms with Gasteiger partial charge in [0.15, 0.2) is 29.8 Å². The number of benzene rings is 1. The molecule has 258 valence electrons. The van der Waals surface area contributed by atoms with Crippen LogP contribution in [0.15, 0.2) is 86.0 Å². The fourth-order valence-electron chi connectivity index (χ4n) is 5.45. The molecule has 4 aromatic rings. The van der Waals surface area contributed by atoms with Crippen LogP contribution in [0.3, 0.4) is 0 Å². The van der Waals surface area contributed by atoms with Crippen molar-refractivity contribution in [3.05, 3.63) is 93.6 Å². The number of nitrogens with two attached hydrogens (primary N) is 1. The molecule has 0 saturated carbocycles. The molecule has 1 saturated heterocycles. The Kier molecular flexibility index (Phi) is 9.79. The molecule has 5 N–H and O–H groups in total. The van der Waals surface area contributed by atoms with Gasteiger partial charge in [0.05, 0.1) is 25.4 Å². The molecule has 1 aromatic carbocycles. The lowest BCUT2D eigenvalue weighted by Gasteiger charge is -2.49. The minimum Gasteiger partial charge on any atom is -0.477 e. The van der Waals surface area contributed by atoms with E-state index in [1.54, 1.807) is 29.1 Å². The molecule has 3 amide bonds. The number of oxime groups is 1. The Morgan fingerprint density at radius 3 is 2.50 bits per heavy atom. The first-order valence-corrected chi connectivity index (χ1v) is 16.7. The van der Waals surface area contributed by atoms with Crippen LogP contribution in [0, 0.1) is 0 Å². The zero-order chi connectivity index (χ0) is 35.5. The van der Waals surface area contributed by atoms with E-state index in [2.05, 4.69) is 25.8 Å². The molecule has 50 heavy (non-hydrogen) atoms. The third kappa shape index (κ3) is 6.86. The number of carboxylic acid groups (broad SMARTS) is 1. The minimum atomic E-state index is -1.25. The van der Waals surface area contributed by atoms with Gasteiger partial charge < -0.3 is 25.4 Å². The summed E-state index contributed by atoms with van der Waals surface area (Å²) in [6.45, 7) is 0.214. The smallest absolute Gasteiger partial charge is 0.423 e. The Balaban J connectivity index is 1.12. The number of thiazole rings is 1. The number of nitrogens with zero attached hydrogens (tertiary/aromatic N) is 5. The number of nitrogen functional groups attached to an aromatic ring is 1. The number of rotatable bonds is 12. The van der Waals surface area contributed by atoms with E-state index in [4.69, 9.17) is 15.0 Å². The number of carbonyl (C=O) groups excluding carboxylic acids is 3. The van der Waals surface area contributed by atoms with E-state index in [9.17, 15) is 29.1 Å². The molecule has 2 aliphatic heterocycles. The summed E-state index contributed by atoms with van der Waals surface area (Å²) in [6, 6.07) is 9.89. The van der Waals surface area contributed by atoms with Crippen molar-refractivity contribution in [2.45, 2.75) is 24.4 Å². The molecule has 0 unspecified atom stereocenters. The highest BCUT2D eigenvalue weighted by atomic mass is 32.2. The van der Waals surface area contributed by atoms with Gasteiger partial charge in [0.2, 0.25) is 0 Å². The van der Waals surface area contributed by atoms with Gasteiger partial charge in [0, 0.05) is 28.8 Å². The lowest BCUT2D eigenvalue weighted by Crippen LogP contribution is -2.71. The van der Waals surface area contributed by atoms with Crippen molar-refractivity contribution in [3.63, 3.8) is 0 Å². The van der Waals surface area contributed by atoms with Crippen molar-refractivity contribution >= 4 is 57.6 Å². The summed E-state index contributed by atoms with van der Waals surface area (Å²) in [5.41, 5.74) is 10.6. The average Bonchev–Trinajstić information content (AvgIpc) is 3.70. The van der Waals surface area contributed by atoms with E-state index in [0.29, 0.717) is 17.0 Å². The normalized spacial score (nSPS) is 17.2. The van der Waals surface area contributed by atoms with Crippen LogP contribution in [0.25, 0.3) is 16.8 Å². The van der Waals surface area contributed by atoms with Crippen LogP contribution in [-0.4, -0.2) is 80.3 Å². The van der Waals surface area contributed by atoms with Crippen LogP contribution in [0.5, 0.6) is 0 Å². The molecule has 0 aliphatic carbocycles. The van der Waals surface area contributed by atoms with Gasteiger partial charge in [-0.05, 0) is 23.3 Å². The van der Waals surface area contributed by atoms with Crippen molar-refractivity contribution < 1.29 is 42.9 Å². The van der Waals surface area contributed by atoms with E-state index in [0.717, 1.165) is 22.5 Å². The number of pyridine rings is 1. The number of oxazole rings is 1. The number of aliphatic carboxylic acids is 1. The molecule has 2 atom stereocenters. The maximum Gasteiger partial charge on any atom is 0.423 e. The Morgan fingerprint density at radius 1 is 1.14 bits per heavy atom. The van der Waals surface area contributed by atoms with Crippen LogP contribution in [0.4, 0.5) is 5.13 Å². The molecule has 1 fully saturated rings. The Hall–Kier alpha value is -5.79. The zero-order valence-electron chi connectivity index (χ0n) is 26.4. The number of amides is 3. The van der Waals surface area contributed by atoms with Crippen LogP contribution < -0.4 is 26.9 Å².